The van der Waals surface area contributed by atoms with Gasteiger partial charge in [0.05, 0.1) is 10.7 Å². The molecule has 0 aliphatic carbocycles. The maximum absolute atomic E-state index is 4.69. The predicted octanol–water partition coefficient (Wildman–Crippen LogP) is 2.24. The lowest BCUT2D eigenvalue weighted by Gasteiger charge is -2.38. The van der Waals surface area contributed by atoms with Crippen LogP contribution in [0.5, 0.6) is 0 Å². The van der Waals surface area contributed by atoms with Crippen LogP contribution in [-0.2, 0) is 13.0 Å². The summed E-state index contributed by atoms with van der Waals surface area (Å²) < 4.78 is 0. The molecule has 3 rings (SSSR count). The van der Waals surface area contributed by atoms with Crippen LogP contribution >= 0.6 is 23.7 Å². The van der Waals surface area contributed by atoms with E-state index in [1.54, 1.807) is 11.3 Å². The number of rotatable bonds is 5. The second-order valence-corrected chi connectivity index (χ2v) is 7.82. The van der Waals surface area contributed by atoms with Crippen molar-refractivity contribution in [2.45, 2.75) is 33.2 Å². The molecular weight excluding hydrogens is 316 g/mol. The van der Waals surface area contributed by atoms with Gasteiger partial charge in [-0.3, -0.25) is 4.90 Å². The Morgan fingerprint density at radius 2 is 2.00 bits per heavy atom. The molecule has 6 heteroatoms. The van der Waals surface area contributed by atoms with E-state index in [0.29, 0.717) is 5.41 Å². The van der Waals surface area contributed by atoms with E-state index in [-0.39, 0.29) is 12.4 Å². The number of thiazole rings is 1. The molecule has 0 amide bonds. The monoisotopic (exact) mass is 344 g/mol. The van der Waals surface area contributed by atoms with E-state index in [2.05, 4.69) is 34.3 Å². The minimum absolute atomic E-state index is 0. The fourth-order valence-corrected chi connectivity index (χ4v) is 4.20. The van der Waals surface area contributed by atoms with Gasteiger partial charge >= 0.3 is 0 Å². The highest BCUT2D eigenvalue weighted by atomic mass is 35.5. The lowest BCUT2D eigenvalue weighted by atomic mass is 9.89. The van der Waals surface area contributed by atoms with E-state index < -0.39 is 0 Å². The van der Waals surface area contributed by atoms with E-state index >= 15 is 0 Å². The zero-order valence-electron chi connectivity index (χ0n) is 13.8. The number of halogens is 1. The van der Waals surface area contributed by atoms with Gasteiger partial charge in [0.25, 0.3) is 0 Å². The average Bonchev–Trinajstić information content (AvgIpc) is 3.10. The van der Waals surface area contributed by atoms with E-state index in [1.807, 2.05) is 0 Å². The smallest absolute Gasteiger partial charge is 0.0926 e. The number of aryl methyl sites for hydroxylation is 1. The van der Waals surface area contributed by atoms with Crippen molar-refractivity contribution in [2.75, 3.05) is 45.8 Å². The Hall–Kier alpha value is -0.200. The molecule has 0 spiro atoms. The van der Waals surface area contributed by atoms with Crippen molar-refractivity contribution in [1.82, 2.24) is 20.1 Å². The first-order valence-corrected chi connectivity index (χ1v) is 9.13. The summed E-state index contributed by atoms with van der Waals surface area (Å²) in [6.45, 7) is 14.1. The molecule has 3 heterocycles. The van der Waals surface area contributed by atoms with Crippen LogP contribution in [-0.4, -0.2) is 60.6 Å². The maximum Gasteiger partial charge on any atom is 0.0926 e. The van der Waals surface area contributed by atoms with E-state index in [9.17, 15) is 0 Å². The van der Waals surface area contributed by atoms with Gasteiger partial charge < -0.3 is 10.2 Å². The zero-order valence-corrected chi connectivity index (χ0v) is 15.4. The predicted molar refractivity (Wildman–Crippen MR) is 96.1 cm³/mol. The molecule has 1 aromatic rings. The normalized spacial score (nSPS) is 27.0. The number of piperazine rings is 1. The molecule has 1 atom stereocenters. The molecule has 1 N–H and O–H groups in total. The van der Waals surface area contributed by atoms with Gasteiger partial charge in [0, 0.05) is 51.2 Å². The molecule has 1 unspecified atom stereocenters. The van der Waals surface area contributed by atoms with Crippen molar-refractivity contribution in [3.63, 3.8) is 0 Å². The summed E-state index contributed by atoms with van der Waals surface area (Å²) in [6, 6.07) is 0. The zero-order chi connectivity index (χ0) is 14.7. The molecule has 0 aromatic carbocycles. The lowest BCUT2D eigenvalue weighted by molar-refractivity contribution is 0.0927. The molecule has 1 aromatic heterocycles. The summed E-state index contributed by atoms with van der Waals surface area (Å²) >= 11 is 1.80. The summed E-state index contributed by atoms with van der Waals surface area (Å²) in [6.07, 6.45) is 2.39. The third kappa shape index (κ3) is 4.65. The Morgan fingerprint density at radius 1 is 1.27 bits per heavy atom. The van der Waals surface area contributed by atoms with Gasteiger partial charge in [-0.15, -0.1) is 23.7 Å². The quantitative estimate of drug-likeness (QED) is 0.887. The molecule has 4 nitrogen and oxygen atoms in total. The fourth-order valence-electron chi connectivity index (χ4n) is 3.46. The largest absolute Gasteiger partial charge is 0.316 e. The standard InChI is InChI=1S/C16H28N4S.ClH/c1-3-15-18-14(11-21-15)10-19-6-8-20(9-7-19)13-16(2)4-5-17-12-16;/h11,17H,3-10,12-13H2,1-2H3;1H. The van der Waals surface area contributed by atoms with Crippen molar-refractivity contribution in [3.8, 4) is 0 Å². The van der Waals surface area contributed by atoms with Gasteiger partial charge in [0.2, 0.25) is 0 Å². The van der Waals surface area contributed by atoms with Gasteiger partial charge in [0.15, 0.2) is 0 Å². The van der Waals surface area contributed by atoms with Gasteiger partial charge in [-0.05, 0) is 24.8 Å². The van der Waals surface area contributed by atoms with Crippen LogP contribution in [0, 0.1) is 5.41 Å². The van der Waals surface area contributed by atoms with Gasteiger partial charge in [0.1, 0.15) is 0 Å². The fraction of sp³-hybridized carbons (Fsp3) is 0.812. The second kappa shape index (κ2) is 8.06. The van der Waals surface area contributed by atoms with Gasteiger partial charge in [-0.1, -0.05) is 13.8 Å². The first-order valence-electron chi connectivity index (χ1n) is 8.26. The molecule has 2 aliphatic heterocycles. The molecule has 2 fully saturated rings. The Bertz CT molecular complexity index is 451. The number of hydrogen-bond donors (Lipinski definition) is 1. The highest BCUT2D eigenvalue weighted by Crippen LogP contribution is 2.26. The van der Waals surface area contributed by atoms with E-state index in [4.69, 9.17) is 4.98 Å². The molecular formula is C16H29ClN4S. The SMILES string of the molecule is CCc1nc(CN2CCN(CC3(C)CCNC3)CC2)cs1.Cl. The van der Waals surface area contributed by atoms with Gasteiger partial charge in [-0.25, -0.2) is 4.98 Å². The van der Waals surface area contributed by atoms with Crippen LogP contribution in [0.4, 0.5) is 0 Å². The van der Waals surface area contributed by atoms with Crippen molar-refractivity contribution < 1.29 is 0 Å². The first-order chi connectivity index (χ1) is 10.2. The summed E-state index contributed by atoms with van der Waals surface area (Å²) in [4.78, 5) is 9.90. The van der Waals surface area contributed by atoms with Crippen molar-refractivity contribution in [1.29, 1.82) is 0 Å². The van der Waals surface area contributed by atoms with Crippen molar-refractivity contribution >= 4 is 23.7 Å². The number of aromatic nitrogens is 1. The first kappa shape index (κ1) is 18.1. The van der Waals surface area contributed by atoms with Crippen LogP contribution in [0.25, 0.3) is 0 Å². The summed E-state index contributed by atoms with van der Waals surface area (Å²) in [5, 5.41) is 7.01. The Labute approximate surface area is 144 Å². The Morgan fingerprint density at radius 3 is 2.59 bits per heavy atom. The second-order valence-electron chi connectivity index (χ2n) is 6.88. The van der Waals surface area contributed by atoms with Crippen LogP contribution in [0.3, 0.4) is 0 Å². The van der Waals surface area contributed by atoms with E-state index in [1.165, 1.54) is 62.9 Å². The number of hydrogen-bond acceptors (Lipinski definition) is 5. The number of nitrogens with zero attached hydrogens (tertiary/aromatic N) is 3. The van der Waals surface area contributed by atoms with Crippen LogP contribution in [0.15, 0.2) is 5.38 Å². The minimum Gasteiger partial charge on any atom is -0.316 e. The number of nitrogens with one attached hydrogen (secondary N) is 1. The van der Waals surface area contributed by atoms with Crippen molar-refractivity contribution in [2.24, 2.45) is 5.41 Å². The molecule has 0 radical (unpaired) electrons. The summed E-state index contributed by atoms with van der Waals surface area (Å²) in [5.74, 6) is 0. The maximum atomic E-state index is 4.69. The Kier molecular flexibility index (Phi) is 6.65. The highest BCUT2D eigenvalue weighted by molar-refractivity contribution is 7.09. The average molecular weight is 345 g/mol. The third-order valence-electron chi connectivity index (χ3n) is 4.81. The summed E-state index contributed by atoms with van der Waals surface area (Å²) in [7, 11) is 0. The van der Waals surface area contributed by atoms with Gasteiger partial charge in [-0.2, -0.15) is 0 Å². The molecule has 126 valence electrons. The molecule has 22 heavy (non-hydrogen) atoms. The Balaban J connectivity index is 0.00000176. The molecule has 0 bridgehead atoms. The van der Waals surface area contributed by atoms with E-state index in [0.717, 1.165) is 13.0 Å². The lowest BCUT2D eigenvalue weighted by Crippen LogP contribution is -2.49. The molecule has 0 saturated carbocycles. The molecule has 2 aliphatic rings. The highest BCUT2D eigenvalue weighted by Gasteiger charge is 2.31. The van der Waals surface area contributed by atoms with Crippen molar-refractivity contribution in [3.05, 3.63) is 16.1 Å². The van der Waals surface area contributed by atoms with Crippen LogP contribution < -0.4 is 5.32 Å². The molecule has 2 saturated heterocycles. The van der Waals surface area contributed by atoms with Crippen LogP contribution in [0.2, 0.25) is 0 Å². The topological polar surface area (TPSA) is 31.4 Å². The third-order valence-corrected chi connectivity index (χ3v) is 5.86. The minimum atomic E-state index is 0. The summed E-state index contributed by atoms with van der Waals surface area (Å²) in [5.41, 5.74) is 1.75. The van der Waals surface area contributed by atoms with Crippen LogP contribution in [0.1, 0.15) is 31.0 Å².